The van der Waals surface area contributed by atoms with Gasteiger partial charge in [-0.2, -0.15) is 0 Å². The van der Waals surface area contributed by atoms with Crippen LogP contribution in [0.5, 0.6) is 0 Å². The summed E-state index contributed by atoms with van der Waals surface area (Å²) in [6, 6.07) is 3.62. The van der Waals surface area contributed by atoms with Crippen molar-refractivity contribution < 1.29 is 19.7 Å². The van der Waals surface area contributed by atoms with E-state index < -0.39 is 12.2 Å². The van der Waals surface area contributed by atoms with Crippen molar-refractivity contribution in [2.45, 2.75) is 25.6 Å². The summed E-state index contributed by atoms with van der Waals surface area (Å²) in [5.74, 6) is -0.318. The number of hydrogen-bond acceptors (Lipinski definition) is 4. The molecule has 0 saturated carbocycles. The highest BCUT2D eigenvalue weighted by atomic mass is 16.5. The third-order valence-corrected chi connectivity index (χ3v) is 3.90. The Morgan fingerprint density at radius 2 is 2.24 bits per heavy atom. The van der Waals surface area contributed by atoms with Gasteiger partial charge in [-0.25, -0.2) is 0 Å². The van der Waals surface area contributed by atoms with Crippen molar-refractivity contribution in [3.05, 3.63) is 24.0 Å². The van der Waals surface area contributed by atoms with Crippen LogP contribution >= 0.6 is 0 Å². The maximum Gasteiger partial charge on any atom is 0.270 e. The molecule has 1 aromatic rings. The van der Waals surface area contributed by atoms with Crippen molar-refractivity contribution in [1.82, 2.24) is 9.47 Å². The lowest BCUT2D eigenvalue weighted by Gasteiger charge is -2.35. The molecule has 1 fully saturated rings. The minimum Gasteiger partial charge on any atom is -0.390 e. The SMILES string of the molecule is CCCN(C[C@@H]1COC[C@@H](O)[C@H]1O)C(=O)c1cccn1C. The Labute approximate surface area is 124 Å². The molecule has 3 atom stereocenters. The van der Waals surface area contributed by atoms with Gasteiger partial charge in [-0.15, -0.1) is 0 Å². The van der Waals surface area contributed by atoms with Crippen molar-refractivity contribution in [3.63, 3.8) is 0 Å². The maximum absolute atomic E-state index is 12.6. The number of carbonyl (C=O) groups excluding carboxylic acids is 1. The number of nitrogens with zero attached hydrogens (tertiary/aromatic N) is 2. The summed E-state index contributed by atoms with van der Waals surface area (Å²) in [5.41, 5.74) is 0.621. The zero-order chi connectivity index (χ0) is 15.4. The molecule has 118 valence electrons. The topological polar surface area (TPSA) is 74.9 Å². The lowest BCUT2D eigenvalue weighted by atomic mass is 9.95. The van der Waals surface area contributed by atoms with Crippen molar-refractivity contribution in [1.29, 1.82) is 0 Å². The molecule has 6 heteroatoms. The Morgan fingerprint density at radius 3 is 2.86 bits per heavy atom. The van der Waals surface area contributed by atoms with Gasteiger partial charge in [0, 0.05) is 32.3 Å². The third kappa shape index (κ3) is 3.64. The number of amides is 1. The molecule has 2 rings (SSSR count). The fourth-order valence-electron chi connectivity index (χ4n) is 2.69. The first-order chi connectivity index (χ1) is 10.0. The number of ether oxygens (including phenoxy) is 1. The van der Waals surface area contributed by atoms with E-state index in [0.717, 1.165) is 6.42 Å². The van der Waals surface area contributed by atoms with E-state index in [9.17, 15) is 15.0 Å². The lowest BCUT2D eigenvalue weighted by molar-refractivity contribution is -0.124. The van der Waals surface area contributed by atoms with Crippen molar-refractivity contribution in [2.75, 3.05) is 26.3 Å². The van der Waals surface area contributed by atoms with E-state index >= 15 is 0 Å². The van der Waals surface area contributed by atoms with Crippen LogP contribution in [-0.4, -0.2) is 64.1 Å². The molecule has 21 heavy (non-hydrogen) atoms. The minimum atomic E-state index is -0.877. The molecule has 0 bridgehead atoms. The Hall–Kier alpha value is -1.37. The Kier molecular flexibility index (Phi) is 5.39. The van der Waals surface area contributed by atoms with Gasteiger partial charge < -0.3 is 24.4 Å². The first-order valence-corrected chi connectivity index (χ1v) is 7.39. The highest BCUT2D eigenvalue weighted by Gasteiger charge is 2.33. The predicted octanol–water partition coefficient (Wildman–Crippen LogP) is 0.245. The number of aliphatic hydroxyl groups excluding tert-OH is 2. The molecule has 1 aromatic heterocycles. The molecule has 0 unspecified atom stereocenters. The second kappa shape index (κ2) is 7.06. The van der Waals surface area contributed by atoms with Crippen LogP contribution in [0.4, 0.5) is 0 Å². The van der Waals surface area contributed by atoms with Gasteiger partial charge in [0.05, 0.1) is 19.3 Å². The van der Waals surface area contributed by atoms with Gasteiger partial charge in [0.1, 0.15) is 11.8 Å². The zero-order valence-electron chi connectivity index (χ0n) is 12.6. The summed E-state index contributed by atoms with van der Waals surface area (Å²) in [7, 11) is 1.83. The average molecular weight is 296 g/mol. The van der Waals surface area contributed by atoms with Crippen LogP contribution in [0.3, 0.4) is 0 Å². The summed E-state index contributed by atoms with van der Waals surface area (Å²) >= 11 is 0. The fraction of sp³-hybridized carbons (Fsp3) is 0.667. The van der Waals surface area contributed by atoms with Crippen LogP contribution in [0.2, 0.25) is 0 Å². The van der Waals surface area contributed by atoms with Gasteiger partial charge in [0.25, 0.3) is 5.91 Å². The summed E-state index contributed by atoms with van der Waals surface area (Å²) in [6.45, 7) is 3.52. The van der Waals surface area contributed by atoms with E-state index in [4.69, 9.17) is 4.74 Å². The molecule has 6 nitrogen and oxygen atoms in total. The molecule has 1 aliphatic heterocycles. The minimum absolute atomic E-state index is 0.0587. The Bertz CT molecular complexity index is 474. The fourth-order valence-corrected chi connectivity index (χ4v) is 2.69. The maximum atomic E-state index is 12.6. The summed E-state index contributed by atoms with van der Waals surface area (Å²) in [6.07, 6.45) is 0.943. The molecule has 1 amide bonds. The van der Waals surface area contributed by atoms with E-state index in [1.807, 2.05) is 26.2 Å². The molecular weight excluding hydrogens is 272 g/mol. The Morgan fingerprint density at radius 1 is 1.48 bits per heavy atom. The van der Waals surface area contributed by atoms with E-state index in [0.29, 0.717) is 25.4 Å². The summed E-state index contributed by atoms with van der Waals surface area (Å²) in [5, 5.41) is 19.7. The van der Waals surface area contributed by atoms with Gasteiger partial charge in [-0.1, -0.05) is 6.92 Å². The lowest BCUT2D eigenvalue weighted by Crippen LogP contribution is -2.49. The Balaban J connectivity index is 2.08. The first-order valence-electron chi connectivity index (χ1n) is 7.39. The molecule has 1 aliphatic rings. The number of carbonyl (C=O) groups is 1. The van der Waals surface area contributed by atoms with Crippen LogP contribution in [0, 0.1) is 5.92 Å². The van der Waals surface area contributed by atoms with Crippen LogP contribution in [0.25, 0.3) is 0 Å². The highest BCUT2D eigenvalue weighted by Crippen LogP contribution is 2.18. The van der Waals surface area contributed by atoms with Crippen LogP contribution < -0.4 is 0 Å². The molecule has 2 heterocycles. The molecular formula is C15H24N2O4. The van der Waals surface area contributed by atoms with Crippen molar-refractivity contribution in [2.24, 2.45) is 13.0 Å². The molecule has 0 radical (unpaired) electrons. The largest absolute Gasteiger partial charge is 0.390 e. The predicted molar refractivity (Wildman–Crippen MR) is 77.9 cm³/mol. The van der Waals surface area contributed by atoms with Gasteiger partial charge in [0.15, 0.2) is 0 Å². The number of hydrogen-bond donors (Lipinski definition) is 2. The standard InChI is InChI=1S/C15H24N2O4/c1-3-6-17(15(20)12-5-4-7-16(12)2)8-11-9-21-10-13(18)14(11)19/h4-5,7,11,13-14,18-19H,3,6,8-10H2,1-2H3/t11-,13-,14+/m1/s1. The van der Waals surface area contributed by atoms with E-state index in [2.05, 4.69) is 0 Å². The number of aryl methyl sites for hydroxylation is 1. The second-order valence-corrected chi connectivity index (χ2v) is 5.61. The van der Waals surface area contributed by atoms with Gasteiger partial charge in [-0.05, 0) is 18.6 Å². The third-order valence-electron chi connectivity index (χ3n) is 3.90. The molecule has 0 spiro atoms. The smallest absolute Gasteiger partial charge is 0.270 e. The quantitative estimate of drug-likeness (QED) is 0.816. The second-order valence-electron chi connectivity index (χ2n) is 5.61. The van der Waals surface area contributed by atoms with Crippen molar-refractivity contribution in [3.8, 4) is 0 Å². The molecule has 1 saturated heterocycles. The van der Waals surface area contributed by atoms with E-state index in [-0.39, 0.29) is 18.4 Å². The van der Waals surface area contributed by atoms with Gasteiger partial charge in [-0.3, -0.25) is 4.79 Å². The van der Waals surface area contributed by atoms with Crippen molar-refractivity contribution >= 4 is 5.91 Å². The monoisotopic (exact) mass is 296 g/mol. The summed E-state index contributed by atoms with van der Waals surface area (Å²) in [4.78, 5) is 14.3. The molecule has 0 aliphatic carbocycles. The van der Waals surface area contributed by atoms with E-state index in [1.165, 1.54) is 0 Å². The zero-order valence-corrected chi connectivity index (χ0v) is 12.6. The molecule has 0 aromatic carbocycles. The van der Waals surface area contributed by atoms with Gasteiger partial charge >= 0.3 is 0 Å². The normalized spacial score (nSPS) is 25.8. The first kappa shape index (κ1) is 16.0. The molecule has 2 N–H and O–H groups in total. The van der Waals surface area contributed by atoms with Crippen LogP contribution in [0.15, 0.2) is 18.3 Å². The van der Waals surface area contributed by atoms with Crippen LogP contribution in [0.1, 0.15) is 23.8 Å². The average Bonchev–Trinajstić information content (AvgIpc) is 2.88. The number of rotatable bonds is 5. The number of aliphatic hydroxyl groups is 2. The highest BCUT2D eigenvalue weighted by molar-refractivity contribution is 5.92. The van der Waals surface area contributed by atoms with Gasteiger partial charge in [0.2, 0.25) is 0 Å². The van der Waals surface area contributed by atoms with E-state index in [1.54, 1.807) is 15.5 Å². The summed E-state index contributed by atoms with van der Waals surface area (Å²) < 4.78 is 7.07. The number of aromatic nitrogens is 1. The van der Waals surface area contributed by atoms with Crippen LogP contribution in [-0.2, 0) is 11.8 Å².